The van der Waals surface area contributed by atoms with Crippen molar-refractivity contribution >= 4 is 11.4 Å². The highest BCUT2D eigenvalue weighted by Crippen LogP contribution is 2.60. The lowest BCUT2D eigenvalue weighted by Crippen LogP contribution is -2.55. The van der Waals surface area contributed by atoms with Crippen LogP contribution in [0, 0.1) is 11.8 Å². The Morgan fingerprint density at radius 1 is 0.905 bits per heavy atom. The first kappa shape index (κ1) is 26.2. The van der Waals surface area contributed by atoms with Gasteiger partial charge in [-0.1, -0.05) is 113 Å². The van der Waals surface area contributed by atoms with E-state index in [0.717, 1.165) is 31.5 Å². The molecular formula is C39H43N3. The molecule has 0 amide bonds. The summed E-state index contributed by atoms with van der Waals surface area (Å²) >= 11 is 0. The SMILES string of the molecule is CC1(C)C2=CC3C(C=C2c2ccc(C4N=C(C5=CC=CCC5)NC(C5CC=CCC5)N4)cc21)c1ccccc1C3(C)C. The summed E-state index contributed by atoms with van der Waals surface area (Å²) in [5, 5.41) is 7.76. The zero-order chi connectivity index (χ0) is 28.6. The van der Waals surface area contributed by atoms with E-state index in [4.69, 9.17) is 4.99 Å². The highest BCUT2D eigenvalue weighted by molar-refractivity contribution is 5.99. The van der Waals surface area contributed by atoms with Crippen LogP contribution in [0.1, 0.15) is 99.7 Å². The summed E-state index contributed by atoms with van der Waals surface area (Å²) < 4.78 is 0. The number of fused-ring (bicyclic) bond motifs is 6. The topological polar surface area (TPSA) is 36.4 Å². The van der Waals surface area contributed by atoms with Crippen LogP contribution in [0.4, 0.5) is 0 Å². The van der Waals surface area contributed by atoms with Gasteiger partial charge in [-0.2, -0.15) is 0 Å². The fraction of sp³-hybridized carbons (Fsp3) is 0.410. The smallest absolute Gasteiger partial charge is 0.129 e. The molecule has 2 N–H and O–H groups in total. The number of hydrogen-bond donors (Lipinski definition) is 2. The maximum atomic E-state index is 5.32. The van der Waals surface area contributed by atoms with Crippen LogP contribution in [-0.4, -0.2) is 12.0 Å². The van der Waals surface area contributed by atoms with Gasteiger partial charge in [0.15, 0.2) is 0 Å². The van der Waals surface area contributed by atoms with Gasteiger partial charge in [-0.3, -0.25) is 5.32 Å². The van der Waals surface area contributed by atoms with E-state index in [9.17, 15) is 0 Å². The fourth-order valence-electron chi connectivity index (χ4n) is 8.73. The van der Waals surface area contributed by atoms with Gasteiger partial charge in [0.05, 0.1) is 6.17 Å². The average Bonchev–Trinajstić information content (AvgIpc) is 3.40. The molecule has 1 heterocycles. The first-order valence-corrected chi connectivity index (χ1v) is 16.1. The van der Waals surface area contributed by atoms with Crippen molar-refractivity contribution in [2.45, 2.75) is 88.9 Å². The van der Waals surface area contributed by atoms with Crippen LogP contribution in [0.3, 0.4) is 0 Å². The monoisotopic (exact) mass is 553 g/mol. The summed E-state index contributed by atoms with van der Waals surface area (Å²) in [6.07, 6.45) is 22.4. The molecule has 214 valence electrons. The Morgan fingerprint density at radius 2 is 1.79 bits per heavy atom. The normalized spacial score (nSPS) is 31.5. The van der Waals surface area contributed by atoms with Gasteiger partial charge < -0.3 is 5.32 Å². The summed E-state index contributed by atoms with van der Waals surface area (Å²) in [4.78, 5) is 5.32. The molecule has 0 saturated heterocycles. The zero-order valence-corrected chi connectivity index (χ0v) is 25.5. The molecule has 5 unspecified atom stereocenters. The van der Waals surface area contributed by atoms with E-state index < -0.39 is 0 Å². The van der Waals surface area contributed by atoms with Gasteiger partial charge >= 0.3 is 0 Å². The maximum Gasteiger partial charge on any atom is 0.129 e. The third kappa shape index (κ3) is 3.93. The van der Waals surface area contributed by atoms with E-state index in [-0.39, 0.29) is 23.2 Å². The number of nitrogens with one attached hydrogen (secondary N) is 2. The second kappa shape index (κ2) is 9.54. The second-order valence-corrected chi connectivity index (χ2v) is 14.3. The molecule has 42 heavy (non-hydrogen) atoms. The number of amidine groups is 1. The molecule has 0 radical (unpaired) electrons. The molecule has 0 aromatic heterocycles. The second-order valence-electron chi connectivity index (χ2n) is 14.3. The Bertz CT molecular complexity index is 1640. The largest absolute Gasteiger partial charge is 0.354 e. The van der Waals surface area contributed by atoms with Crippen molar-refractivity contribution in [1.82, 2.24) is 10.6 Å². The molecule has 1 aliphatic heterocycles. The number of nitrogens with zero attached hydrogens (tertiary/aromatic N) is 1. The fourth-order valence-corrected chi connectivity index (χ4v) is 8.73. The summed E-state index contributed by atoms with van der Waals surface area (Å²) in [7, 11) is 0. The third-order valence-electron chi connectivity index (χ3n) is 11.2. The van der Waals surface area contributed by atoms with Crippen molar-refractivity contribution < 1.29 is 0 Å². The van der Waals surface area contributed by atoms with Gasteiger partial charge in [0.2, 0.25) is 0 Å². The number of allylic oxidation sites excluding steroid dienone is 9. The molecule has 0 spiro atoms. The van der Waals surface area contributed by atoms with Crippen molar-refractivity contribution in [1.29, 1.82) is 0 Å². The van der Waals surface area contributed by atoms with Crippen LogP contribution in [-0.2, 0) is 10.8 Å². The summed E-state index contributed by atoms with van der Waals surface area (Å²) in [6.45, 7) is 9.74. The Hall–Kier alpha value is -3.43. The van der Waals surface area contributed by atoms with Gasteiger partial charge in [0.1, 0.15) is 12.0 Å². The summed E-state index contributed by atoms with van der Waals surface area (Å²) in [5.41, 5.74) is 11.5. The van der Waals surface area contributed by atoms with Crippen LogP contribution in [0.25, 0.3) is 5.57 Å². The molecule has 0 bridgehead atoms. The predicted octanol–water partition coefficient (Wildman–Crippen LogP) is 8.54. The van der Waals surface area contributed by atoms with E-state index in [1.54, 1.807) is 0 Å². The minimum absolute atomic E-state index is 0.0449. The van der Waals surface area contributed by atoms with Gasteiger partial charge in [0, 0.05) is 11.3 Å². The van der Waals surface area contributed by atoms with Gasteiger partial charge in [-0.15, -0.1) is 0 Å². The first-order chi connectivity index (χ1) is 20.3. The average molecular weight is 554 g/mol. The van der Waals surface area contributed by atoms with Crippen molar-refractivity contribution in [2.24, 2.45) is 16.8 Å². The highest BCUT2D eigenvalue weighted by atomic mass is 15.3. The molecule has 5 atom stereocenters. The van der Waals surface area contributed by atoms with Crippen LogP contribution in [0.2, 0.25) is 0 Å². The minimum Gasteiger partial charge on any atom is -0.354 e. The zero-order valence-electron chi connectivity index (χ0n) is 25.5. The van der Waals surface area contributed by atoms with Gasteiger partial charge in [-0.25, -0.2) is 4.99 Å². The maximum absolute atomic E-state index is 5.32. The van der Waals surface area contributed by atoms with Crippen LogP contribution < -0.4 is 10.6 Å². The highest BCUT2D eigenvalue weighted by Gasteiger charge is 2.49. The number of rotatable bonds is 3. The lowest BCUT2D eigenvalue weighted by atomic mass is 9.69. The summed E-state index contributed by atoms with van der Waals surface area (Å²) in [6, 6.07) is 16.3. The van der Waals surface area contributed by atoms with E-state index in [0.29, 0.717) is 17.8 Å². The third-order valence-corrected chi connectivity index (χ3v) is 11.2. The molecular weight excluding hydrogens is 510 g/mol. The molecule has 2 aromatic carbocycles. The van der Waals surface area contributed by atoms with Crippen LogP contribution >= 0.6 is 0 Å². The van der Waals surface area contributed by atoms with Gasteiger partial charge in [-0.05, 0) is 93.9 Å². The Labute approximate surface area is 251 Å². The molecule has 3 nitrogen and oxygen atoms in total. The van der Waals surface area contributed by atoms with E-state index in [1.807, 2.05) is 0 Å². The molecule has 3 heteroatoms. The van der Waals surface area contributed by atoms with Crippen molar-refractivity contribution in [3.05, 3.63) is 124 Å². The Kier molecular flexibility index (Phi) is 5.96. The standard InChI is InChI=1S/C39H43N3/c1-38(2)31-18-12-11-17-27(31)29-22-30-28-20-19-26(21-32(28)39(3,4)34(30)23-33(29)38)37-41-35(24-13-7-5-8-14-24)40-36(42-37)25-15-9-6-10-16-25/h5-7,9,11-13,17-23,25,29,33,36-37,42H,8,10,14-16H2,1-4H3,(H,40,41). The van der Waals surface area contributed by atoms with E-state index >= 15 is 0 Å². The minimum atomic E-state index is -0.0548. The van der Waals surface area contributed by atoms with E-state index in [2.05, 4.69) is 123 Å². The molecule has 6 aliphatic rings. The van der Waals surface area contributed by atoms with Crippen LogP contribution in [0.15, 0.2) is 101 Å². The number of hydrogen-bond acceptors (Lipinski definition) is 3. The lowest BCUT2D eigenvalue weighted by molar-refractivity contribution is 0.273. The molecule has 8 rings (SSSR count). The molecule has 0 fully saturated rings. The first-order valence-electron chi connectivity index (χ1n) is 16.1. The number of benzene rings is 2. The molecule has 0 saturated carbocycles. The van der Waals surface area contributed by atoms with Crippen molar-refractivity contribution in [3.63, 3.8) is 0 Å². The van der Waals surface area contributed by atoms with Crippen molar-refractivity contribution in [3.8, 4) is 0 Å². The Morgan fingerprint density at radius 3 is 2.60 bits per heavy atom. The van der Waals surface area contributed by atoms with E-state index in [1.165, 1.54) is 51.0 Å². The Balaban J connectivity index is 1.19. The van der Waals surface area contributed by atoms with Crippen molar-refractivity contribution in [2.75, 3.05) is 0 Å². The van der Waals surface area contributed by atoms with Crippen LogP contribution in [0.5, 0.6) is 0 Å². The summed E-state index contributed by atoms with van der Waals surface area (Å²) in [5.74, 6) is 2.58. The quantitative estimate of drug-likeness (QED) is 0.374. The number of aliphatic imine (C=N–C) groups is 1. The predicted molar refractivity (Wildman–Crippen MR) is 174 cm³/mol. The lowest BCUT2D eigenvalue weighted by Gasteiger charge is -2.38. The van der Waals surface area contributed by atoms with Gasteiger partial charge in [0.25, 0.3) is 0 Å². The molecule has 5 aliphatic carbocycles. The molecule has 2 aromatic rings.